The Labute approximate surface area is 172 Å². The van der Waals surface area contributed by atoms with Crippen LogP contribution in [0, 0.1) is 11.8 Å². The molecular formula is C23H30N2O4. The van der Waals surface area contributed by atoms with E-state index in [1.165, 1.54) is 26.4 Å². The number of nitrogens with zero attached hydrogens (tertiary/aromatic N) is 2. The van der Waals surface area contributed by atoms with Crippen molar-refractivity contribution in [3.63, 3.8) is 0 Å². The van der Waals surface area contributed by atoms with E-state index in [1.807, 2.05) is 35.2 Å². The quantitative estimate of drug-likeness (QED) is 0.732. The molecule has 0 radical (unpaired) electrons. The third-order valence-electron chi connectivity index (χ3n) is 6.83. The fourth-order valence-corrected chi connectivity index (χ4v) is 5.42. The van der Waals surface area contributed by atoms with Crippen LogP contribution in [0.2, 0.25) is 0 Å². The number of piperazine rings is 1. The van der Waals surface area contributed by atoms with Crippen molar-refractivity contribution in [2.45, 2.75) is 57.0 Å². The summed E-state index contributed by atoms with van der Waals surface area (Å²) >= 11 is 0. The van der Waals surface area contributed by atoms with Gasteiger partial charge in [0.05, 0.1) is 31.7 Å². The first-order valence-corrected chi connectivity index (χ1v) is 10.8. The summed E-state index contributed by atoms with van der Waals surface area (Å²) in [6.07, 6.45) is 6.97. The number of fused-ring (bicyclic) bond motifs is 1. The topological polar surface area (TPSA) is 66.9 Å². The Morgan fingerprint density at radius 1 is 1.10 bits per heavy atom. The summed E-state index contributed by atoms with van der Waals surface area (Å²) in [4.78, 5) is 42.0. The van der Waals surface area contributed by atoms with Gasteiger partial charge < -0.3 is 14.5 Å². The molecule has 29 heavy (non-hydrogen) atoms. The number of benzene rings is 1. The van der Waals surface area contributed by atoms with Crippen LogP contribution in [0.1, 0.15) is 56.6 Å². The van der Waals surface area contributed by atoms with Crippen molar-refractivity contribution in [1.82, 2.24) is 9.80 Å². The molecule has 0 unspecified atom stereocenters. The van der Waals surface area contributed by atoms with E-state index in [1.54, 1.807) is 4.90 Å². The summed E-state index contributed by atoms with van der Waals surface area (Å²) in [5.74, 6) is -0.222. The molecule has 6 nitrogen and oxygen atoms in total. The maximum Gasteiger partial charge on any atom is 0.311 e. The monoisotopic (exact) mass is 398 g/mol. The van der Waals surface area contributed by atoms with Gasteiger partial charge in [0.2, 0.25) is 11.8 Å². The average Bonchev–Trinajstić information content (AvgIpc) is 3.14. The van der Waals surface area contributed by atoms with E-state index in [0.29, 0.717) is 25.3 Å². The van der Waals surface area contributed by atoms with E-state index in [4.69, 9.17) is 4.74 Å². The second-order valence-corrected chi connectivity index (χ2v) is 8.66. The highest BCUT2D eigenvalue weighted by molar-refractivity contribution is 5.88. The van der Waals surface area contributed by atoms with Crippen LogP contribution in [0.15, 0.2) is 30.3 Å². The third-order valence-corrected chi connectivity index (χ3v) is 6.83. The zero-order valence-corrected chi connectivity index (χ0v) is 17.1. The molecular weight excluding hydrogens is 368 g/mol. The van der Waals surface area contributed by atoms with Crippen molar-refractivity contribution in [3.8, 4) is 0 Å². The van der Waals surface area contributed by atoms with Crippen molar-refractivity contribution in [2.24, 2.45) is 11.8 Å². The van der Waals surface area contributed by atoms with Crippen molar-refractivity contribution in [3.05, 3.63) is 35.9 Å². The molecule has 1 aromatic rings. The van der Waals surface area contributed by atoms with E-state index >= 15 is 0 Å². The summed E-state index contributed by atoms with van der Waals surface area (Å²) in [6.45, 7) is 0.618. The van der Waals surface area contributed by atoms with Gasteiger partial charge in [0.15, 0.2) is 0 Å². The second kappa shape index (κ2) is 8.56. The Bertz CT molecular complexity index is 759. The van der Waals surface area contributed by atoms with Gasteiger partial charge in [0.1, 0.15) is 0 Å². The Hall–Kier alpha value is -2.37. The van der Waals surface area contributed by atoms with E-state index in [-0.39, 0.29) is 36.4 Å². The predicted octanol–water partition coefficient (Wildman–Crippen LogP) is 2.93. The van der Waals surface area contributed by atoms with Crippen molar-refractivity contribution in [1.29, 1.82) is 0 Å². The SMILES string of the molecule is COC(=O)[C@H]1C[C@H]2CN(C(=O)CC3CCCCC3)CC(=O)N2[C@H]1c1ccccc1. The number of carbonyl (C=O) groups excluding carboxylic acids is 3. The Kier molecular flexibility index (Phi) is 5.88. The summed E-state index contributed by atoms with van der Waals surface area (Å²) < 4.78 is 5.04. The number of hydrogen-bond acceptors (Lipinski definition) is 4. The number of rotatable bonds is 4. The lowest BCUT2D eigenvalue weighted by molar-refractivity contribution is -0.151. The fourth-order valence-electron chi connectivity index (χ4n) is 5.42. The molecule has 0 N–H and O–H groups in total. The highest BCUT2D eigenvalue weighted by Crippen LogP contribution is 2.43. The maximum atomic E-state index is 13.1. The number of ether oxygens (including phenoxy) is 1. The minimum atomic E-state index is -0.398. The zero-order chi connectivity index (χ0) is 20.4. The minimum absolute atomic E-state index is 0.0708. The van der Waals surface area contributed by atoms with Crippen LogP contribution in [0.25, 0.3) is 0 Å². The molecule has 3 fully saturated rings. The van der Waals surface area contributed by atoms with Gasteiger partial charge in [-0.3, -0.25) is 14.4 Å². The molecule has 1 saturated carbocycles. The average molecular weight is 399 g/mol. The molecule has 6 heteroatoms. The molecule has 0 aromatic heterocycles. The van der Waals surface area contributed by atoms with E-state index in [2.05, 4.69) is 0 Å². The molecule has 2 aliphatic heterocycles. The smallest absolute Gasteiger partial charge is 0.311 e. The maximum absolute atomic E-state index is 13.1. The Balaban J connectivity index is 1.51. The van der Waals surface area contributed by atoms with Gasteiger partial charge in [-0.1, -0.05) is 49.6 Å². The van der Waals surface area contributed by atoms with Crippen LogP contribution in [-0.4, -0.2) is 53.8 Å². The molecule has 0 bridgehead atoms. The van der Waals surface area contributed by atoms with Crippen LogP contribution in [0.3, 0.4) is 0 Å². The fraction of sp³-hybridized carbons (Fsp3) is 0.609. The van der Waals surface area contributed by atoms with Crippen molar-refractivity contribution in [2.75, 3.05) is 20.2 Å². The van der Waals surface area contributed by atoms with Gasteiger partial charge in [-0.05, 0) is 30.7 Å². The van der Waals surface area contributed by atoms with Crippen LogP contribution in [0.4, 0.5) is 0 Å². The molecule has 1 aliphatic carbocycles. The van der Waals surface area contributed by atoms with Crippen molar-refractivity contribution < 1.29 is 19.1 Å². The predicted molar refractivity (Wildman–Crippen MR) is 108 cm³/mol. The van der Waals surface area contributed by atoms with Crippen molar-refractivity contribution >= 4 is 17.8 Å². The van der Waals surface area contributed by atoms with Gasteiger partial charge in [0.25, 0.3) is 0 Å². The number of amides is 2. The van der Waals surface area contributed by atoms with E-state index < -0.39 is 5.92 Å². The number of carbonyl (C=O) groups is 3. The van der Waals surface area contributed by atoms with E-state index in [0.717, 1.165) is 18.4 Å². The molecule has 2 saturated heterocycles. The van der Waals surface area contributed by atoms with Crippen LogP contribution < -0.4 is 0 Å². The zero-order valence-electron chi connectivity index (χ0n) is 17.1. The highest BCUT2D eigenvalue weighted by Gasteiger charge is 2.51. The molecule has 2 amide bonds. The van der Waals surface area contributed by atoms with Crippen LogP contribution >= 0.6 is 0 Å². The van der Waals surface area contributed by atoms with E-state index in [9.17, 15) is 14.4 Å². The van der Waals surface area contributed by atoms with Gasteiger partial charge in [-0.25, -0.2) is 0 Å². The second-order valence-electron chi connectivity index (χ2n) is 8.66. The van der Waals surface area contributed by atoms with Crippen LogP contribution in [-0.2, 0) is 19.1 Å². The molecule has 156 valence electrons. The van der Waals surface area contributed by atoms with Gasteiger partial charge in [-0.2, -0.15) is 0 Å². The Morgan fingerprint density at radius 3 is 2.52 bits per heavy atom. The summed E-state index contributed by atoms with van der Waals surface area (Å²) in [5.41, 5.74) is 0.945. The van der Waals surface area contributed by atoms with Gasteiger partial charge >= 0.3 is 5.97 Å². The first kappa shape index (κ1) is 19.9. The largest absolute Gasteiger partial charge is 0.469 e. The van der Waals surface area contributed by atoms with Gasteiger partial charge in [0, 0.05) is 13.0 Å². The molecule has 4 rings (SSSR count). The molecule has 0 spiro atoms. The van der Waals surface area contributed by atoms with Crippen LogP contribution in [0.5, 0.6) is 0 Å². The lowest BCUT2D eigenvalue weighted by Gasteiger charge is -2.40. The number of hydrogen-bond donors (Lipinski definition) is 0. The Morgan fingerprint density at radius 2 is 1.83 bits per heavy atom. The van der Waals surface area contributed by atoms with Gasteiger partial charge in [-0.15, -0.1) is 0 Å². The lowest BCUT2D eigenvalue weighted by Crippen LogP contribution is -2.56. The third kappa shape index (κ3) is 4.02. The highest BCUT2D eigenvalue weighted by atomic mass is 16.5. The summed E-state index contributed by atoms with van der Waals surface area (Å²) in [7, 11) is 1.39. The number of esters is 1. The normalized spacial score (nSPS) is 27.6. The minimum Gasteiger partial charge on any atom is -0.469 e. The first-order chi connectivity index (χ1) is 14.1. The molecule has 3 atom stereocenters. The first-order valence-electron chi connectivity index (χ1n) is 10.8. The summed E-state index contributed by atoms with van der Waals surface area (Å²) in [6, 6.07) is 9.22. The molecule has 3 aliphatic rings. The standard InChI is InChI=1S/C23H30N2O4/c1-29-23(28)19-13-18-14-24(20(26)12-16-8-4-2-5-9-16)15-21(27)25(18)22(19)17-10-6-3-7-11-17/h3,6-7,10-11,16,18-19,22H,2,4-5,8-9,12-15H2,1H3/t18-,19-,22-/m0/s1. The molecule has 2 heterocycles. The molecule has 1 aromatic carbocycles. The summed E-state index contributed by atoms with van der Waals surface area (Å²) in [5, 5.41) is 0. The number of methoxy groups -OCH3 is 1. The lowest BCUT2D eigenvalue weighted by atomic mass is 9.86.